The fraction of sp³-hybridized carbons (Fsp3) is 0.462. The standard InChI is InChI=1S/C13H19N3O3S/c1-3-19-12(17)9-16(6-7-18-2)10-4-5-15-11(8-10)13(14)20/h4-5,8H,3,6-7,9H2,1-2H3,(H2,14,20). The second-order valence-corrected chi connectivity index (χ2v) is 4.42. The molecule has 0 bridgehead atoms. The second kappa shape index (κ2) is 8.44. The number of nitrogens with zero attached hydrogens (tertiary/aromatic N) is 2. The van der Waals surface area contributed by atoms with Gasteiger partial charge in [-0.15, -0.1) is 0 Å². The van der Waals surface area contributed by atoms with E-state index in [1.54, 1.807) is 32.4 Å². The van der Waals surface area contributed by atoms with E-state index in [0.29, 0.717) is 25.5 Å². The molecule has 20 heavy (non-hydrogen) atoms. The summed E-state index contributed by atoms with van der Waals surface area (Å²) in [6.07, 6.45) is 1.61. The topological polar surface area (TPSA) is 77.7 Å². The maximum Gasteiger partial charge on any atom is 0.325 e. The van der Waals surface area contributed by atoms with Gasteiger partial charge in [0.1, 0.15) is 11.5 Å². The zero-order chi connectivity index (χ0) is 15.0. The van der Waals surface area contributed by atoms with Crippen LogP contribution in [0.3, 0.4) is 0 Å². The third kappa shape index (κ3) is 5.10. The summed E-state index contributed by atoms with van der Waals surface area (Å²) >= 11 is 4.91. The van der Waals surface area contributed by atoms with Crippen molar-refractivity contribution < 1.29 is 14.3 Å². The predicted molar refractivity (Wildman–Crippen MR) is 80.8 cm³/mol. The molecule has 0 saturated carbocycles. The van der Waals surface area contributed by atoms with E-state index in [0.717, 1.165) is 5.69 Å². The van der Waals surface area contributed by atoms with Gasteiger partial charge in [-0.05, 0) is 19.1 Å². The Bertz CT molecular complexity index is 468. The molecule has 0 aliphatic rings. The molecule has 1 heterocycles. The summed E-state index contributed by atoms with van der Waals surface area (Å²) < 4.78 is 10.0. The quantitative estimate of drug-likeness (QED) is 0.560. The smallest absolute Gasteiger partial charge is 0.325 e. The van der Waals surface area contributed by atoms with E-state index < -0.39 is 0 Å². The molecule has 0 saturated heterocycles. The fourth-order valence-corrected chi connectivity index (χ4v) is 1.73. The van der Waals surface area contributed by atoms with Crippen molar-refractivity contribution in [2.24, 2.45) is 5.73 Å². The van der Waals surface area contributed by atoms with Crippen molar-refractivity contribution in [3.63, 3.8) is 0 Å². The molecule has 2 N–H and O–H groups in total. The van der Waals surface area contributed by atoms with Crippen LogP contribution in [0.25, 0.3) is 0 Å². The molecule has 0 atom stereocenters. The van der Waals surface area contributed by atoms with Crippen molar-refractivity contribution >= 4 is 28.9 Å². The SMILES string of the molecule is CCOC(=O)CN(CCOC)c1ccnc(C(N)=S)c1. The Balaban J connectivity index is 2.88. The van der Waals surface area contributed by atoms with Crippen molar-refractivity contribution in [3.8, 4) is 0 Å². The third-order valence-electron chi connectivity index (χ3n) is 2.55. The van der Waals surface area contributed by atoms with Crippen molar-refractivity contribution in [2.75, 3.05) is 38.3 Å². The lowest BCUT2D eigenvalue weighted by atomic mass is 10.2. The molecule has 6 nitrogen and oxygen atoms in total. The molecule has 0 unspecified atom stereocenters. The summed E-state index contributed by atoms with van der Waals surface area (Å²) in [6, 6.07) is 3.54. The molecule has 0 amide bonds. The normalized spacial score (nSPS) is 10.1. The Labute approximate surface area is 123 Å². The van der Waals surface area contributed by atoms with E-state index in [1.807, 2.05) is 4.90 Å². The van der Waals surface area contributed by atoms with Crippen LogP contribution in [0.4, 0.5) is 5.69 Å². The van der Waals surface area contributed by atoms with Gasteiger partial charge in [-0.25, -0.2) is 0 Å². The number of pyridine rings is 1. The summed E-state index contributed by atoms with van der Waals surface area (Å²) in [5.41, 5.74) is 6.88. The Morgan fingerprint density at radius 1 is 1.55 bits per heavy atom. The number of aromatic nitrogens is 1. The molecular weight excluding hydrogens is 278 g/mol. The molecule has 0 aromatic carbocycles. The highest BCUT2D eigenvalue weighted by molar-refractivity contribution is 7.80. The van der Waals surface area contributed by atoms with Gasteiger partial charge in [0.05, 0.1) is 18.9 Å². The molecular formula is C13H19N3O3S. The number of thiocarbonyl (C=S) groups is 1. The largest absolute Gasteiger partial charge is 0.465 e. The number of ether oxygens (including phenoxy) is 2. The van der Waals surface area contributed by atoms with Crippen LogP contribution in [-0.4, -0.2) is 49.4 Å². The van der Waals surface area contributed by atoms with Gasteiger partial charge in [0.15, 0.2) is 0 Å². The molecule has 0 aliphatic heterocycles. The van der Waals surface area contributed by atoms with Crippen LogP contribution in [0.1, 0.15) is 12.6 Å². The fourth-order valence-electron chi connectivity index (χ4n) is 1.61. The first-order chi connectivity index (χ1) is 9.58. The molecule has 1 aromatic rings. The minimum atomic E-state index is -0.294. The number of esters is 1. The maximum absolute atomic E-state index is 11.6. The first-order valence-electron chi connectivity index (χ1n) is 6.23. The van der Waals surface area contributed by atoms with E-state index in [4.69, 9.17) is 27.4 Å². The maximum atomic E-state index is 11.6. The van der Waals surface area contributed by atoms with E-state index in [2.05, 4.69) is 4.98 Å². The van der Waals surface area contributed by atoms with E-state index in [1.165, 1.54) is 0 Å². The monoisotopic (exact) mass is 297 g/mol. The van der Waals surface area contributed by atoms with Gasteiger partial charge in [0.25, 0.3) is 0 Å². The Morgan fingerprint density at radius 3 is 2.90 bits per heavy atom. The molecule has 0 aliphatic carbocycles. The van der Waals surface area contributed by atoms with Gasteiger partial charge in [0.2, 0.25) is 0 Å². The first-order valence-corrected chi connectivity index (χ1v) is 6.64. The number of nitrogens with two attached hydrogens (primary N) is 1. The van der Waals surface area contributed by atoms with Gasteiger partial charge in [-0.2, -0.15) is 0 Å². The van der Waals surface area contributed by atoms with Gasteiger partial charge >= 0.3 is 5.97 Å². The predicted octanol–water partition coefficient (Wildman–Crippen LogP) is 0.732. The Morgan fingerprint density at radius 2 is 2.30 bits per heavy atom. The number of rotatable bonds is 8. The summed E-state index contributed by atoms with van der Waals surface area (Å²) in [6.45, 7) is 3.30. The lowest BCUT2D eigenvalue weighted by molar-refractivity contribution is -0.141. The Kier molecular flexibility index (Phi) is 6.89. The average Bonchev–Trinajstić information content (AvgIpc) is 2.43. The molecule has 7 heteroatoms. The average molecular weight is 297 g/mol. The van der Waals surface area contributed by atoms with Crippen LogP contribution < -0.4 is 10.6 Å². The van der Waals surface area contributed by atoms with E-state index in [9.17, 15) is 4.79 Å². The summed E-state index contributed by atoms with van der Waals surface area (Å²) in [5.74, 6) is -0.294. The highest BCUT2D eigenvalue weighted by Gasteiger charge is 2.13. The number of carbonyl (C=O) groups is 1. The second-order valence-electron chi connectivity index (χ2n) is 3.98. The number of carbonyl (C=O) groups excluding carboxylic acids is 1. The van der Waals surface area contributed by atoms with Crippen molar-refractivity contribution in [3.05, 3.63) is 24.0 Å². The molecule has 0 spiro atoms. The lowest BCUT2D eigenvalue weighted by Gasteiger charge is -2.23. The van der Waals surface area contributed by atoms with Crippen LogP contribution >= 0.6 is 12.2 Å². The van der Waals surface area contributed by atoms with Crippen LogP contribution in [-0.2, 0) is 14.3 Å². The van der Waals surface area contributed by atoms with Crippen LogP contribution in [0.2, 0.25) is 0 Å². The Hall–Kier alpha value is -1.73. The van der Waals surface area contributed by atoms with Crippen molar-refractivity contribution in [1.29, 1.82) is 0 Å². The molecule has 1 rings (SSSR count). The van der Waals surface area contributed by atoms with Gasteiger partial charge < -0.3 is 20.1 Å². The minimum Gasteiger partial charge on any atom is -0.465 e. The van der Waals surface area contributed by atoms with Gasteiger partial charge in [0, 0.05) is 25.5 Å². The molecule has 110 valence electrons. The number of hydrogen-bond acceptors (Lipinski definition) is 6. The lowest BCUT2D eigenvalue weighted by Crippen LogP contribution is -2.34. The van der Waals surface area contributed by atoms with Crippen molar-refractivity contribution in [2.45, 2.75) is 6.92 Å². The third-order valence-corrected chi connectivity index (χ3v) is 2.76. The number of hydrogen-bond donors (Lipinski definition) is 1. The van der Waals surface area contributed by atoms with Gasteiger partial charge in [-0.3, -0.25) is 9.78 Å². The summed E-state index contributed by atoms with van der Waals surface area (Å²) in [5, 5.41) is 0. The highest BCUT2D eigenvalue weighted by Crippen LogP contribution is 2.14. The van der Waals surface area contributed by atoms with Crippen LogP contribution in [0.15, 0.2) is 18.3 Å². The number of methoxy groups -OCH3 is 1. The molecule has 1 aromatic heterocycles. The molecule has 0 fully saturated rings. The van der Waals surface area contributed by atoms with Gasteiger partial charge in [-0.1, -0.05) is 12.2 Å². The minimum absolute atomic E-state index is 0.137. The zero-order valence-corrected chi connectivity index (χ0v) is 12.5. The first kappa shape index (κ1) is 16.3. The molecule has 0 radical (unpaired) electrons. The van der Waals surface area contributed by atoms with Crippen LogP contribution in [0, 0.1) is 0 Å². The van der Waals surface area contributed by atoms with E-state index >= 15 is 0 Å². The van der Waals surface area contributed by atoms with Crippen molar-refractivity contribution in [1.82, 2.24) is 4.98 Å². The zero-order valence-electron chi connectivity index (χ0n) is 11.7. The highest BCUT2D eigenvalue weighted by atomic mass is 32.1. The summed E-state index contributed by atoms with van der Waals surface area (Å²) in [4.78, 5) is 17.8. The van der Waals surface area contributed by atoms with E-state index in [-0.39, 0.29) is 17.5 Å². The number of anilines is 1. The summed E-state index contributed by atoms with van der Waals surface area (Å²) in [7, 11) is 1.61. The van der Waals surface area contributed by atoms with Crippen LogP contribution in [0.5, 0.6) is 0 Å².